The molecule has 0 aromatic heterocycles. The maximum absolute atomic E-state index is 12.1. The number of methoxy groups -OCH3 is 1. The monoisotopic (exact) mass is 371 g/mol. The quantitative estimate of drug-likeness (QED) is 0.643. The molecule has 0 radical (unpaired) electrons. The van der Waals surface area contributed by atoms with Gasteiger partial charge in [0.2, 0.25) is 5.91 Å². The second kappa shape index (κ2) is 12.1. The molecular formula is C18H30ClN3O3. The molecule has 142 valence electrons. The number of carbonyl (C=O) groups excluding carboxylic acids is 1. The van der Waals surface area contributed by atoms with Gasteiger partial charge in [-0.05, 0) is 44.1 Å². The zero-order valence-corrected chi connectivity index (χ0v) is 15.9. The van der Waals surface area contributed by atoms with E-state index in [0.717, 1.165) is 30.8 Å². The van der Waals surface area contributed by atoms with Crippen LogP contribution in [-0.4, -0.2) is 63.9 Å². The van der Waals surface area contributed by atoms with Gasteiger partial charge < -0.3 is 20.1 Å². The first-order valence-corrected chi connectivity index (χ1v) is 8.58. The van der Waals surface area contributed by atoms with Crippen molar-refractivity contribution in [1.82, 2.24) is 15.5 Å². The van der Waals surface area contributed by atoms with Crippen LogP contribution >= 0.6 is 12.4 Å². The van der Waals surface area contributed by atoms with Crippen LogP contribution in [0.5, 0.6) is 5.75 Å². The summed E-state index contributed by atoms with van der Waals surface area (Å²) in [4.78, 5) is 14.3. The van der Waals surface area contributed by atoms with E-state index in [1.807, 2.05) is 31.3 Å². The summed E-state index contributed by atoms with van der Waals surface area (Å²) in [6, 6.07) is 8.27. The first kappa shape index (κ1) is 21.7. The number of benzene rings is 1. The van der Waals surface area contributed by atoms with Gasteiger partial charge in [0.1, 0.15) is 12.4 Å². The van der Waals surface area contributed by atoms with Crippen molar-refractivity contribution in [3.8, 4) is 5.75 Å². The first-order valence-electron chi connectivity index (χ1n) is 8.58. The average Bonchev–Trinajstić information content (AvgIpc) is 2.61. The Morgan fingerprint density at radius 3 is 2.72 bits per heavy atom. The molecule has 1 amide bonds. The molecule has 0 bridgehead atoms. The molecule has 1 aliphatic rings. The molecule has 1 heterocycles. The highest BCUT2D eigenvalue weighted by molar-refractivity contribution is 5.85. The normalized spacial score (nSPS) is 17.6. The van der Waals surface area contributed by atoms with Crippen molar-refractivity contribution in [2.24, 2.45) is 0 Å². The predicted molar refractivity (Wildman–Crippen MR) is 101 cm³/mol. The Morgan fingerprint density at radius 1 is 1.28 bits per heavy atom. The van der Waals surface area contributed by atoms with Crippen LogP contribution in [0.15, 0.2) is 24.3 Å². The molecule has 1 saturated heterocycles. The van der Waals surface area contributed by atoms with Crippen molar-refractivity contribution < 1.29 is 14.3 Å². The van der Waals surface area contributed by atoms with Gasteiger partial charge in [0, 0.05) is 26.2 Å². The van der Waals surface area contributed by atoms with Gasteiger partial charge >= 0.3 is 0 Å². The molecule has 1 atom stereocenters. The minimum atomic E-state index is 0. The zero-order valence-electron chi connectivity index (χ0n) is 15.1. The van der Waals surface area contributed by atoms with E-state index in [0.29, 0.717) is 32.3 Å². The largest absolute Gasteiger partial charge is 0.491 e. The van der Waals surface area contributed by atoms with Gasteiger partial charge in [-0.25, -0.2) is 0 Å². The first-order chi connectivity index (χ1) is 11.7. The van der Waals surface area contributed by atoms with E-state index in [9.17, 15) is 4.79 Å². The zero-order chi connectivity index (χ0) is 17.2. The van der Waals surface area contributed by atoms with E-state index in [1.165, 1.54) is 6.42 Å². The van der Waals surface area contributed by atoms with Crippen molar-refractivity contribution in [3.05, 3.63) is 29.8 Å². The number of carbonyl (C=O) groups is 1. The average molecular weight is 372 g/mol. The number of likely N-dealkylation sites (N-methyl/N-ethyl adjacent to an activating group) is 1. The number of hydrogen-bond acceptors (Lipinski definition) is 5. The molecule has 0 saturated carbocycles. The molecule has 1 aliphatic heterocycles. The summed E-state index contributed by atoms with van der Waals surface area (Å²) in [7, 11) is 3.63. The summed E-state index contributed by atoms with van der Waals surface area (Å²) in [5.74, 6) is 0.890. The summed E-state index contributed by atoms with van der Waals surface area (Å²) in [6.45, 7) is 4.06. The molecule has 2 N–H and O–H groups in total. The maximum Gasteiger partial charge on any atom is 0.234 e. The number of nitrogens with zero attached hydrogens (tertiary/aromatic N) is 1. The van der Waals surface area contributed by atoms with Crippen LogP contribution < -0.4 is 15.4 Å². The van der Waals surface area contributed by atoms with Crippen molar-refractivity contribution >= 4 is 18.3 Å². The van der Waals surface area contributed by atoms with Gasteiger partial charge in [0.25, 0.3) is 0 Å². The number of rotatable bonds is 9. The van der Waals surface area contributed by atoms with Crippen molar-refractivity contribution in [1.29, 1.82) is 0 Å². The van der Waals surface area contributed by atoms with Gasteiger partial charge in [0.15, 0.2) is 0 Å². The molecule has 25 heavy (non-hydrogen) atoms. The SMILES string of the molecule is CNC1CCCN(CC(=O)NCc2ccc(OCCOC)cc2)C1.Cl. The Labute approximate surface area is 156 Å². The third kappa shape index (κ3) is 8.05. The number of ether oxygens (including phenoxy) is 2. The summed E-state index contributed by atoms with van der Waals surface area (Å²) in [6.07, 6.45) is 2.33. The second-order valence-corrected chi connectivity index (χ2v) is 6.12. The van der Waals surface area contributed by atoms with Gasteiger partial charge in [-0.15, -0.1) is 12.4 Å². The van der Waals surface area contributed by atoms with Gasteiger partial charge in [-0.1, -0.05) is 12.1 Å². The third-order valence-electron chi connectivity index (χ3n) is 4.25. The lowest BCUT2D eigenvalue weighted by molar-refractivity contribution is -0.122. The summed E-state index contributed by atoms with van der Waals surface area (Å²) in [5, 5.41) is 6.28. The van der Waals surface area contributed by atoms with E-state index in [2.05, 4.69) is 15.5 Å². The van der Waals surface area contributed by atoms with E-state index in [-0.39, 0.29) is 18.3 Å². The molecule has 1 unspecified atom stereocenters. The third-order valence-corrected chi connectivity index (χ3v) is 4.25. The van der Waals surface area contributed by atoms with Gasteiger partial charge in [-0.3, -0.25) is 9.69 Å². The van der Waals surface area contributed by atoms with Crippen molar-refractivity contribution in [3.63, 3.8) is 0 Å². The molecule has 0 spiro atoms. The predicted octanol–water partition coefficient (Wildman–Crippen LogP) is 1.43. The van der Waals surface area contributed by atoms with Crippen LogP contribution in [0.2, 0.25) is 0 Å². The molecule has 1 fully saturated rings. The highest BCUT2D eigenvalue weighted by atomic mass is 35.5. The number of nitrogens with one attached hydrogen (secondary N) is 2. The van der Waals surface area contributed by atoms with Crippen molar-refractivity contribution in [2.75, 3.05) is 47.0 Å². The fourth-order valence-electron chi connectivity index (χ4n) is 2.84. The lowest BCUT2D eigenvalue weighted by Crippen LogP contribution is -2.47. The topological polar surface area (TPSA) is 62.8 Å². The molecule has 1 aromatic rings. The van der Waals surface area contributed by atoms with Crippen molar-refractivity contribution in [2.45, 2.75) is 25.4 Å². The van der Waals surface area contributed by atoms with Crippen LogP contribution in [0, 0.1) is 0 Å². The lowest BCUT2D eigenvalue weighted by Gasteiger charge is -2.31. The Morgan fingerprint density at radius 2 is 2.04 bits per heavy atom. The van der Waals surface area contributed by atoms with Gasteiger partial charge in [0.05, 0.1) is 13.2 Å². The Kier molecular flexibility index (Phi) is 10.5. The van der Waals surface area contributed by atoms with Crippen LogP contribution in [-0.2, 0) is 16.1 Å². The van der Waals surface area contributed by atoms with Crippen LogP contribution in [0.3, 0.4) is 0 Å². The molecule has 7 heteroatoms. The minimum Gasteiger partial charge on any atom is -0.491 e. The van der Waals surface area contributed by atoms with E-state index < -0.39 is 0 Å². The highest BCUT2D eigenvalue weighted by Gasteiger charge is 2.19. The standard InChI is InChI=1S/C18H29N3O3.ClH/c1-19-16-4-3-9-21(13-16)14-18(22)20-12-15-5-7-17(8-6-15)24-11-10-23-2;/h5-8,16,19H,3-4,9-14H2,1-2H3,(H,20,22);1H. The number of piperidine rings is 1. The molecule has 0 aliphatic carbocycles. The Balaban J connectivity index is 0.00000312. The number of likely N-dealkylation sites (tertiary alicyclic amines) is 1. The van der Waals surface area contributed by atoms with Crippen LogP contribution in [0.1, 0.15) is 18.4 Å². The van der Waals surface area contributed by atoms with Crippen LogP contribution in [0.4, 0.5) is 0 Å². The maximum atomic E-state index is 12.1. The Hall–Kier alpha value is -1.34. The fraction of sp³-hybridized carbons (Fsp3) is 0.611. The molecule has 2 rings (SSSR count). The number of halogens is 1. The summed E-state index contributed by atoms with van der Waals surface area (Å²) < 4.78 is 10.5. The Bertz CT molecular complexity index is 499. The molecule has 1 aromatic carbocycles. The smallest absolute Gasteiger partial charge is 0.234 e. The number of amides is 1. The number of hydrogen-bond donors (Lipinski definition) is 2. The van der Waals surface area contributed by atoms with E-state index in [4.69, 9.17) is 9.47 Å². The van der Waals surface area contributed by atoms with E-state index in [1.54, 1.807) is 7.11 Å². The molecule has 6 nitrogen and oxygen atoms in total. The molecular weight excluding hydrogens is 342 g/mol. The summed E-state index contributed by atoms with van der Waals surface area (Å²) >= 11 is 0. The van der Waals surface area contributed by atoms with Gasteiger partial charge in [-0.2, -0.15) is 0 Å². The minimum absolute atomic E-state index is 0. The fourth-order valence-corrected chi connectivity index (χ4v) is 2.84. The van der Waals surface area contributed by atoms with E-state index >= 15 is 0 Å². The van der Waals surface area contributed by atoms with Crippen LogP contribution in [0.25, 0.3) is 0 Å². The lowest BCUT2D eigenvalue weighted by atomic mass is 10.1. The highest BCUT2D eigenvalue weighted by Crippen LogP contribution is 2.12. The summed E-state index contributed by atoms with van der Waals surface area (Å²) in [5.41, 5.74) is 1.06. The second-order valence-electron chi connectivity index (χ2n) is 6.12.